The number of hydrogen-bond acceptors (Lipinski definition) is 2. The lowest BCUT2D eigenvalue weighted by Gasteiger charge is -2.28. The third-order valence-corrected chi connectivity index (χ3v) is 11.4. The van der Waals surface area contributed by atoms with E-state index in [1.165, 1.54) is 50.1 Å². The zero-order valence-electron chi connectivity index (χ0n) is 31.5. The van der Waals surface area contributed by atoms with Crippen LogP contribution in [0.25, 0.3) is 66.7 Å². The van der Waals surface area contributed by atoms with Gasteiger partial charge in [0.2, 0.25) is 0 Å². The average Bonchev–Trinajstić information content (AvgIpc) is 3.49. The van der Waals surface area contributed by atoms with Crippen LogP contribution in [0.3, 0.4) is 0 Å². The van der Waals surface area contributed by atoms with E-state index in [0.717, 1.165) is 44.8 Å². The Balaban J connectivity index is 1.10. The minimum Gasteiger partial charge on any atom is -0.310 e. The highest BCUT2D eigenvalue weighted by Crippen LogP contribution is 2.52. The van der Waals surface area contributed by atoms with Crippen molar-refractivity contribution in [2.75, 3.05) is 4.90 Å². The van der Waals surface area contributed by atoms with Crippen LogP contribution < -0.4 is 4.90 Å². The molecule has 2 heteroatoms. The van der Waals surface area contributed by atoms with E-state index in [-0.39, 0.29) is 5.41 Å². The van der Waals surface area contributed by atoms with Crippen LogP contribution in [0.2, 0.25) is 0 Å². The lowest BCUT2D eigenvalue weighted by Crippen LogP contribution is -2.15. The molecule has 0 spiro atoms. The van der Waals surface area contributed by atoms with Crippen molar-refractivity contribution < 1.29 is 0 Å². The lowest BCUT2D eigenvalue weighted by molar-refractivity contribution is 0.660. The van der Waals surface area contributed by atoms with Crippen LogP contribution in [-0.2, 0) is 5.41 Å². The number of fused-ring (bicyclic) bond motifs is 4. The normalized spacial score (nSPS) is 12.6. The standard InChI is InChI=1S/C54H40N2/c1-54(2)50-32-30-46(56(44-28-25-39(26-29-44)37-15-6-3-7-16-37)45-23-14-22-41(33-45)38-17-8-4-9-18-38)36-49(50)47-31-27-43(35-51(47)54)53-48(40-19-10-5-11-20-40)34-42-21-12-13-24-52(42)55-53/h3-36H,1-2H3. The summed E-state index contributed by atoms with van der Waals surface area (Å²) in [6.45, 7) is 4.72. The van der Waals surface area contributed by atoms with Gasteiger partial charge in [0.1, 0.15) is 0 Å². The minimum absolute atomic E-state index is 0.196. The predicted octanol–water partition coefficient (Wildman–Crippen LogP) is 14.7. The molecule has 0 aliphatic heterocycles. The van der Waals surface area contributed by atoms with Crippen molar-refractivity contribution in [3.05, 3.63) is 217 Å². The number of benzene rings is 8. The number of hydrogen-bond donors (Lipinski definition) is 0. The topological polar surface area (TPSA) is 16.1 Å². The number of nitrogens with zero attached hydrogens (tertiary/aromatic N) is 2. The van der Waals surface area contributed by atoms with Crippen LogP contribution >= 0.6 is 0 Å². The molecule has 1 heterocycles. The monoisotopic (exact) mass is 716 g/mol. The van der Waals surface area contributed by atoms with E-state index < -0.39 is 0 Å². The summed E-state index contributed by atoms with van der Waals surface area (Å²) in [6, 6.07) is 74.4. The Labute approximate surface area is 329 Å². The first-order valence-corrected chi connectivity index (χ1v) is 19.4. The number of para-hydroxylation sites is 1. The smallest absolute Gasteiger partial charge is 0.0788 e. The van der Waals surface area contributed by atoms with Gasteiger partial charge in [0.15, 0.2) is 0 Å². The number of anilines is 3. The molecule has 10 rings (SSSR count). The van der Waals surface area contributed by atoms with Crippen LogP contribution in [-0.4, -0.2) is 4.98 Å². The van der Waals surface area contributed by atoms with Gasteiger partial charge in [-0.25, -0.2) is 4.98 Å². The van der Waals surface area contributed by atoms with Crippen molar-refractivity contribution in [2.45, 2.75) is 19.3 Å². The van der Waals surface area contributed by atoms with Gasteiger partial charge in [-0.1, -0.05) is 166 Å². The van der Waals surface area contributed by atoms with Gasteiger partial charge in [-0.05, 0) is 105 Å². The quantitative estimate of drug-likeness (QED) is 0.163. The molecule has 1 aromatic heterocycles. The largest absolute Gasteiger partial charge is 0.310 e. The van der Waals surface area contributed by atoms with Crippen molar-refractivity contribution in [1.82, 2.24) is 4.98 Å². The molecule has 2 nitrogen and oxygen atoms in total. The number of aromatic nitrogens is 1. The van der Waals surface area contributed by atoms with Gasteiger partial charge in [0, 0.05) is 39.0 Å². The highest BCUT2D eigenvalue weighted by atomic mass is 15.1. The van der Waals surface area contributed by atoms with E-state index in [1.807, 2.05) is 0 Å². The average molecular weight is 717 g/mol. The van der Waals surface area contributed by atoms with E-state index in [1.54, 1.807) is 0 Å². The zero-order chi connectivity index (χ0) is 37.6. The fraction of sp³-hybridized carbons (Fsp3) is 0.0556. The Morgan fingerprint density at radius 3 is 1.66 bits per heavy atom. The molecule has 1 aliphatic carbocycles. The molecule has 0 amide bonds. The maximum Gasteiger partial charge on any atom is 0.0788 e. The second-order valence-corrected chi connectivity index (χ2v) is 15.2. The summed E-state index contributed by atoms with van der Waals surface area (Å²) in [5.74, 6) is 0. The Kier molecular flexibility index (Phi) is 8.19. The van der Waals surface area contributed by atoms with Gasteiger partial charge in [0.25, 0.3) is 0 Å². The van der Waals surface area contributed by atoms with Gasteiger partial charge in [0.05, 0.1) is 11.2 Å². The third-order valence-electron chi connectivity index (χ3n) is 11.4. The van der Waals surface area contributed by atoms with Crippen molar-refractivity contribution in [3.63, 3.8) is 0 Å². The summed E-state index contributed by atoms with van der Waals surface area (Å²) >= 11 is 0. The molecule has 0 saturated heterocycles. The van der Waals surface area contributed by atoms with Gasteiger partial charge < -0.3 is 4.90 Å². The maximum atomic E-state index is 5.30. The van der Waals surface area contributed by atoms with E-state index >= 15 is 0 Å². The molecular weight excluding hydrogens is 677 g/mol. The molecule has 56 heavy (non-hydrogen) atoms. The van der Waals surface area contributed by atoms with Crippen molar-refractivity contribution in [3.8, 4) is 55.8 Å². The fourth-order valence-corrected chi connectivity index (χ4v) is 8.54. The first-order chi connectivity index (χ1) is 27.5. The summed E-state index contributed by atoms with van der Waals surface area (Å²) in [5.41, 5.74) is 18.6. The predicted molar refractivity (Wildman–Crippen MR) is 236 cm³/mol. The summed E-state index contributed by atoms with van der Waals surface area (Å²) in [4.78, 5) is 7.69. The van der Waals surface area contributed by atoms with Gasteiger partial charge >= 0.3 is 0 Å². The van der Waals surface area contributed by atoms with Gasteiger partial charge in [-0.3, -0.25) is 0 Å². The van der Waals surface area contributed by atoms with Crippen LogP contribution in [0.15, 0.2) is 206 Å². The third kappa shape index (κ3) is 5.88. The van der Waals surface area contributed by atoms with E-state index in [4.69, 9.17) is 4.98 Å². The van der Waals surface area contributed by atoms with Gasteiger partial charge in [-0.2, -0.15) is 0 Å². The summed E-state index contributed by atoms with van der Waals surface area (Å²) < 4.78 is 0. The minimum atomic E-state index is -0.196. The van der Waals surface area contributed by atoms with Crippen molar-refractivity contribution in [2.24, 2.45) is 0 Å². The molecule has 0 unspecified atom stereocenters. The molecule has 0 radical (unpaired) electrons. The Morgan fingerprint density at radius 2 is 0.929 bits per heavy atom. The molecule has 0 atom stereocenters. The summed E-state index contributed by atoms with van der Waals surface area (Å²) in [7, 11) is 0. The number of pyridine rings is 1. The maximum absolute atomic E-state index is 5.30. The van der Waals surface area contributed by atoms with Crippen LogP contribution in [0.4, 0.5) is 17.1 Å². The zero-order valence-corrected chi connectivity index (χ0v) is 31.5. The first-order valence-electron chi connectivity index (χ1n) is 19.4. The Morgan fingerprint density at radius 1 is 0.357 bits per heavy atom. The highest BCUT2D eigenvalue weighted by Gasteiger charge is 2.36. The molecule has 266 valence electrons. The van der Waals surface area contributed by atoms with Crippen molar-refractivity contribution >= 4 is 28.0 Å². The Bertz CT molecular complexity index is 2860. The molecule has 1 aliphatic rings. The van der Waals surface area contributed by atoms with E-state index in [0.29, 0.717) is 0 Å². The highest BCUT2D eigenvalue weighted by molar-refractivity contribution is 5.94. The molecule has 0 N–H and O–H groups in total. The Hall–Kier alpha value is -7.03. The van der Waals surface area contributed by atoms with E-state index in [2.05, 4.69) is 225 Å². The molecule has 0 bridgehead atoms. The number of rotatable bonds is 7. The van der Waals surface area contributed by atoms with Crippen molar-refractivity contribution in [1.29, 1.82) is 0 Å². The summed E-state index contributed by atoms with van der Waals surface area (Å²) in [6.07, 6.45) is 0. The first kappa shape index (κ1) is 33.5. The van der Waals surface area contributed by atoms with Crippen LogP contribution in [0, 0.1) is 0 Å². The van der Waals surface area contributed by atoms with Crippen LogP contribution in [0.1, 0.15) is 25.0 Å². The van der Waals surface area contributed by atoms with Crippen LogP contribution in [0.5, 0.6) is 0 Å². The molecule has 0 saturated carbocycles. The molecule has 0 fully saturated rings. The second-order valence-electron chi connectivity index (χ2n) is 15.2. The molecule has 9 aromatic rings. The fourth-order valence-electron chi connectivity index (χ4n) is 8.54. The molecular formula is C54H40N2. The lowest BCUT2D eigenvalue weighted by atomic mass is 9.81. The second kappa shape index (κ2) is 13.7. The SMILES string of the molecule is CC1(C)c2ccc(N(c3ccc(-c4ccccc4)cc3)c3cccc(-c4ccccc4)c3)cc2-c2ccc(-c3nc4ccccc4cc3-c3ccccc3)cc21. The van der Waals surface area contributed by atoms with E-state index in [9.17, 15) is 0 Å². The summed E-state index contributed by atoms with van der Waals surface area (Å²) in [5, 5.41) is 1.14. The van der Waals surface area contributed by atoms with Gasteiger partial charge in [-0.15, -0.1) is 0 Å². The molecule has 8 aromatic carbocycles.